The van der Waals surface area contributed by atoms with Gasteiger partial charge in [0.15, 0.2) is 6.61 Å². The van der Waals surface area contributed by atoms with Crippen molar-refractivity contribution >= 4 is 5.91 Å². The van der Waals surface area contributed by atoms with E-state index in [1.54, 1.807) is 24.1 Å². The Morgan fingerprint density at radius 3 is 2.64 bits per heavy atom. The van der Waals surface area contributed by atoms with Crippen LogP contribution in [0.3, 0.4) is 0 Å². The van der Waals surface area contributed by atoms with Gasteiger partial charge in [-0.25, -0.2) is 0 Å². The first-order valence-corrected chi connectivity index (χ1v) is 7.05. The Labute approximate surface area is 127 Å². The normalized spacial score (nSPS) is 14.9. The van der Waals surface area contributed by atoms with E-state index in [1.807, 2.05) is 12.1 Å². The molecular weight excluding hydrogens is 286 g/mol. The summed E-state index contributed by atoms with van der Waals surface area (Å²) in [5.41, 5.74) is 0.847. The number of hydrogen-bond acceptors (Lipinski definition) is 6. The van der Waals surface area contributed by atoms with Gasteiger partial charge in [-0.05, 0) is 29.5 Å². The number of amides is 1. The molecule has 22 heavy (non-hydrogen) atoms. The highest BCUT2D eigenvalue weighted by Crippen LogP contribution is 2.18. The number of tetrazole rings is 1. The lowest BCUT2D eigenvalue weighted by molar-refractivity contribution is -0.137. The lowest BCUT2D eigenvalue weighted by Crippen LogP contribution is -2.42. The van der Waals surface area contributed by atoms with Gasteiger partial charge < -0.3 is 14.4 Å². The quantitative estimate of drug-likeness (QED) is 0.797. The van der Waals surface area contributed by atoms with E-state index in [9.17, 15) is 4.79 Å². The molecule has 0 atom stereocenters. The highest BCUT2D eigenvalue weighted by molar-refractivity contribution is 5.77. The van der Waals surface area contributed by atoms with E-state index in [4.69, 9.17) is 9.47 Å². The predicted octanol–water partition coefficient (Wildman–Crippen LogP) is 0.115. The summed E-state index contributed by atoms with van der Waals surface area (Å²) in [5, 5.41) is 11.9. The largest absolute Gasteiger partial charge is 0.484 e. The molecule has 8 heteroatoms. The van der Waals surface area contributed by atoms with Gasteiger partial charge in [0.2, 0.25) is 5.82 Å². The van der Waals surface area contributed by atoms with Gasteiger partial charge in [0, 0.05) is 18.7 Å². The molecule has 2 heterocycles. The summed E-state index contributed by atoms with van der Waals surface area (Å²) in [5.74, 6) is 1.16. The lowest BCUT2D eigenvalue weighted by Gasteiger charge is -2.26. The molecule has 1 aromatic heterocycles. The lowest BCUT2D eigenvalue weighted by atomic mass is 10.2. The van der Waals surface area contributed by atoms with E-state index in [2.05, 4.69) is 15.4 Å². The third-order valence-corrected chi connectivity index (χ3v) is 3.35. The van der Waals surface area contributed by atoms with Crippen molar-refractivity contribution in [2.24, 2.45) is 7.05 Å². The standard InChI is InChI=1S/C14H17N5O3/c1-18-16-14(15-17-18)11-2-4-12(5-3-11)22-10-13(20)19-6-8-21-9-7-19/h2-5H,6-10H2,1H3. The van der Waals surface area contributed by atoms with Gasteiger partial charge in [-0.1, -0.05) is 0 Å². The third kappa shape index (κ3) is 3.40. The molecular formula is C14H17N5O3. The van der Waals surface area contributed by atoms with Crippen molar-refractivity contribution in [2.75, 3.05) is 32.9 Å². The van der Waals surface area contributed by atoms with Crippen LogP contribution < -0.4 is 4.74 Å². The topological polar surface area (TPSA) is 82.4 Å². The second-order valence-corrected chi connectivity index (χ2v) is 4.91. The summed E-state index contributed by atoms with van der Waals surface area (Å²) in [7, 11) is 1.71. The van der Waals surface area contributed by atoms with Crippen molar-refractivity contribution < 1.29 is 14.3 Å². The smallest absolute Gasteiger partial charge is 0.260 e. The average molecular weight is 303 g/mol. The number of ether oxygens (including phenoxy) is 2. The molecule has 0 unspecified atom stereocenters. The number of benzene rings is 1. The fraction of sp³-hybridized carbons (Fsp3) is 0.429. The number of carbonyl (C=O) groups excluding carboxylic acids is 1. The molecule has 8 nitrogen and oxygen atoms in total. The van der Waals surface area contributed by atoms with Crippen LogP contribution in [0.4, 0.5) is 0 Å². The van der Waals surface area contributed by atoms with E-state index in [0.29, 0.717) is 37.9 Å². The second-order valence-electron chi connectivity index (χ2n) is 4.91. The van der Waals surface area contributed by atoms with Crippen LogP contribution in [0.25, 0.3) is 11.4 Å². The molecule has 3 rings (SSSR count). The Hall–Kier alpha value is -2.48. The van der Waals surface area contributed by atoms with E-state index in [0.717, 1.165) is 5.56 Å². The zero-order chi connectivity index (χ0) is 15.4. The van der Waals surface area contributed by atoms with Crippen molar-refractivity contribution in [3.63, 3.8) is 0 Å². The van der Waals surface area contributed by atoms with Crippen LogP contribution in [0.5, 0.6) is 5.75 Å². The van der Waals surface area contributed by atoms with E-state index in [1.165, 1.54) is 4.80 Å². The molecule has 1 amide bonds. The van der Waals surface area contributed by atoms with Crippen LogP contribution in [0.1, 0.15) is 0 Å². The van der Waals surface area contributed by atoms with Crippen LogP contribution in [0, 0.1) is 0 Å². The Morgan fingerprint density at radius 1 is 1.27 bits per heavy atom. The van der Waals surface area contributed by atoms with Gasteiger partial charge in [-0.15, -0.1) is 10.2 Å². The fourth-order valence-electron chi connectivity index (χ4n) is 2.15. The Bertz CT molecular complexity index is 634. The Balaban J connectivity index is 1.56. The van der Waals surface area contributed by atoms with Gasteiger partial charge in [0.25, 0.3) is 5.91 Å². The summed E-state index contributed by atoms with van der Waals surface area (Å²) >= 11 is 0. The minimum atomic E-state index is -0.0250. The molecule has 1 aliphatic rings. The minimum absolute atomic E-state index is 0.0250. The van der Waals surface area contributed by atoms with Crippen LogP contribution in [-0.2, 0) is 16.6 Å². The monoisotopic (exact) mass is 303 g/mol. The SMILES string of the molecule is Cn1nnc(-c2ccc(OCC(=O)N3CCOCC3)cc2)n1. The first-order chi connectivity index (χ1) is 10.7. The molecule has 0 spiro atoms. The van der Waals surface area contributed by atoms with Crippen LogP contribution in [0.15, 0.2) is 24.3 Å². The number of carbonyl (C=O) groups is 1. The number of morpholine rings is 1. The zero-order valence-electron chi connectivity index (χ0n) is 12.3. The third-order valence-electron chi connectivity index (χ3n) is 3.35. The Kier molecular flexibility index (Phi) is 4.29. The number of aromatic nitrogens is 4. The number of nitrogens with zero attached hydrogens (tertiary/aromatic N) is 5. The number of hydrogen-bond donors (Lipinski definition) is 0. The van der Waals surface area contributed by atoms with Crippen molar-refractivity contribution in [3.05, 3.63) is 24.3 Å². The average Bonchev–Trinajstić information content (AvgIpc) is 3.00. The molecule has 0 bridgehead atoms. The molecule has 1 saturated heterocycles. The van der Waals surface area contributed by atoms with Gasteiger partial charge in [0.1, 0.15) is 5.75 Å². The van der Waals surface area contributed by atoms with Crippen molar-refractivity contribution in [2.45, 2.75) is 0 Å². The molecule has 0 N–H and O–H groups in total. The van der Waals surface area contributed by atoms with E-state index >= 15 is 0 Å². The van der Waals surface area contributed by atoms with Crippen LogP contribution in [0.2, 0.25) is 0 Å². The van der Waals surface area contributed by atoms with Gasteiger partial charge in [-0.2, -0.15) is 4.80 Å². The zero-order valence-corrected chi connectivity index (χ0v) is 12.3. The molecule has 1 aliphatic heterocycles. The molecule has 1 fully saturated rings. The van der Waals surface area contributed by atoms with Crippen LogP contribution >= 0.6 is 0 Å². The van der Waals surface area contributed by atoms with Gasteiger partial charge >= 0.3 is 0 Å². The predicted molar refractivity (Wildman–Crippen MR) is 77.1 cm³/mol. The first-order valence-electron chi connectivity index (χ1n) is 7.05. The maximum atomic E-state index is 12.0. The van der Waals surface area contributed by atoms with Crippen LogP contribution in [-0.4, -0.2) is 63.9 Å². The van der Waals surface area contributed by atoms with Crippen molar-refractivity contribution in [1.82, 2.24) is 25.1 Å². The van der Waals surface area contributed by atoms with E-state index < -0.39 is 0 Å². The fourth-order valence-corrected chi connectivity index (χ4v) is 2.15. The summed E-state index contributed by atoms with van der Waals surface area (Å²) < 4.78 is 10.7. The summed E-state index contributed by atoms with van der Waals surface area (Å²) in [6.45, 7) is 2.46. The summed E-state index contributed by atoms with van der Waals surface area (Å²) in [6.07, 6.45) is 0. The summed E-state index contributed by atoms with van der Waals surface area (Å²) in [4.78, 5) is 15.1. The molecule has 2 aromatic rings. The molecule has 0 radical (unpaired) electrons. The van der Waals surface area contributed by atoms with Crippen molar-refractivity contribution in [1.29, 1.82) is 0 Å². The Morgan fingerprint density at radius 2 is 2.00 bits per heavy atom. The summed E-state index contributed by atoms with van der Waals surface area (Å²) in [6, 6.07) is 7.26. The van der Waals surface area contributed by atoms with Gasteiger partial charge in [-0.3, -0.25) is 4.79 Å². The highest BCUT2D eigenvalue weighted by Gasteiger charge is 2.17. The first kappa shape index (κ1) is 14.5. The second kappa shape index (κ2) is 6.52. The molecule has 116 valence electrons. The molecule has 1 aromatic carbocycles. The van der Waals surface area contributed by atoms with Crippen molar-refractivity contribution in [3.8, 4) is 17.1 Å². The highest BCUT2D eigenvalue weighted by atomic mass is 16.5. The number of rotatable bonds is 4. The minimum Gasteiger partial charge on any atom is -0.484 e. The maximum Gasteiger partial charge on any atom is 0.260 e. The number of aryl methyl sites for hydroxylation is 1. The maximum absolute atomic E-state index is 12.0. The van der Waals surface area contributed by atoms with Gasteiger partial charge in [0.05, 0.1) is 20.3 Å². The molecule has 0 saturated carbocycles. The van der Waals surface area contributed by atoms with E-state index in [-0.39, 0.29) is 12.5 Å². The molecule has 0 aliphatic carbocycles.